The van der Waals surface area contributed by atoms with E-state index in [-0.39, 0.29) is 10.5 Å². The number of benzene rings is 1. The minimum Gasteiger partial charge on any atom is -0.308 e. The van der Waals surface area contributed by atoms with Crippen molar-refractivity contribution in [1.29, 1.82) is 5.26 Å². The summed E-state index contributed by atoms with van der Waals surface area (Å²) in [5.74, 6) is -0.725. The van der Waals surface area contributed by atoms with Crippen LogP contribution >= 0.6 is 0 Å². The first kappa shape index (κ1) is 15.6. The second-order valence-corrected chi connectivity index (χ2v) is 6.43. The van der Waals surface area contributed by atoms with Crippen molar-refractivity contribution >= 4 is 10.0 Å². The van der Waals surface area contributed by atoms with E-state index in [9.17, 15) is 12.8 Å². The van der Waals surface area contributed by atoms with Crippen LogP contribution in [0.5, 0.6) is 0 Å². The fourth-order valence-electron chi connectivity index (χ4n) is 1.39. The van der Waals surface area contributed by atoms with Crippen LogP contribution in [0.4, 0.5) is 4.39 Å². The Bertz CT molecular complexity index is 593. The number of sulfonamides is 1. The third-order valence-corrected chi connectivity index (χ3v) is 4.48. The molecule has 0 aliphatic rings. The molecule has 0 unspecified atom stereocenters. The maximum Gasteiger partial charge on any atom is 0.242 e. The Morgan fingerprint density at radius 2 is 1.89 bits per heavy atom. The molecule has 104 valence electrons. The molecule has 7 heteroatoms. The normalized spacial score (nSPS) is 11.8. The molecule has 0 saturated heterocycles. The number of hydrogen-bond donors (Lipinski definition) is 0. The molecule has 0 spiro atoms. The number of nitriles is 1. The van der Waals surface area contributed by atoms with Crippen molar-refractivity contribution in [3.63, 3.8) is 0 Å². The predicted octanol–water partition coefficient (Wildman–Crippen LogP) is 0.879. The second kappa shape index (κ2) is 6.10. The second-order valence-electron chi connectivity index (χ2n) is 4.38. The lowest BCUT2D eigenvalue weighted by Gasteiger charge is -2.19. The standard InChI is InChI=1S/C12H16FN3O2S/c1-15(2)6-7-16(3)19(17,18)11-4-5-12(13)10(8-11)9-14/h4-5,8H,6-7H2,1-3H3. The van der Waals surface area contributed by atoms with Gasteiger partial charge in [0.15, 0.2) is 0 Å². The van der Waals surface area contributed by atoms with Crippen molar-refractivity contribution < 1.29 is 12.8 Å². The maximum atomic E-state index is 13.2. The average molecular weight is 285 g/mol. The van der Waals surface area contributed by atoms with Gasteiger partial charge >= 0.3 is 0 Å². The molecule has 0 aromatic heterocycles. The molecule has 1 rings (SSSR count). The van der Waals surface area contributed by atoms with Gasteiger partial charge in [-0.2, -0.15) is 9.57 Å². The van der Waals surface area contributed by atoms with Crippen LogP contribution in [-0.2, 0) is 10.0 Å². The molecule has 1 aromatic carbocycles. The van der Waals surface area contributed by atoms with E-state index < -0.39 is 15.8 Å². The van der Waals surface area contributed by atoms with Gasteiger partial charge in [-0.1, -0.05) is 0 Å². The summed E-state index contributed by atoms with van der Waals surface area (Å²) >= 11 is 0. The van der Waals surface area contributed by atoms with Crippen molar-refractivity contribution in [2.24, 2.45) is 0 Å². The summed E-state index contributed by atoms with van der Waals surface area (Å²) in [6.45, 7) is 0.886. The summed E-state index contributed by atoms with van der Waals surface area (Å²) < 4.78 is 38.8. The van der Waals surface area contributed by atoms with Gasteiger partial charge in [0.25, 0.3) is 0 Å². The van der Waals surface area contributed by atoms with Gasteiger partial charge in [0.05, 0.1) is 10.5 Å². The molecule has 0 bridgehead atoms. The Labute approximate surface area is 112 Å². The highest BCUT2D eigenvalue weighted by Crippen LogP contribution is 2.17. The van der Waals surface area contributed by atoms with Crippen LogP contribution in [0.1, 0.15) is 5.56 Å². The summed E-state index contributed by atoms with van der Waals surface area (Å²) in [7, 11) is 1.44. The molecule has 1 aromatic rings. The highest BCUT2D eigenvalue weighted by molar-refractivity contribution is 7.89. The van der Waals surface area contributed by atoms with Crippen molar-refractivity contribution in [1.82, 2.24) is 9.21 Å². The minimum atomic E-state index is -3.70. The minimum absolute atomic E-state index is 0.0771. The lowest BCUT2D eigenvalue weighted by molar-refractivity contribution is 0.358. The van der Waals surface area contributed by atoms with Crippen molar-refractivity contribution in [3.05, 3.63) is 29.6 Å². The lowest BCUT2D eigenvalue weighted by Crippen LogP contribution is -2.33. The fourth-order valence-corrected chi connectivity index (χ4v) is 2.58. The van der Waals surface area contributed by atoms with Crippen LogP contribution in [0.15, 0.2) is 23.1 Å². The van der Waals surface area contributed by atoms with E-state index in [1.807, 2.05) is 19.0 Å². The summed E-state index contributed by atoms with van der Waals surface area (Å²) in [4.78, 5) is 1.78. The Balaban J connectivity index is 3.04. The zero-order chi connectivity index (χ0) is 14.6. The summed E-state index contributed by atoms with van der Waals surface area (Å²) in [6, 6.07) is 4.84. The van der Waals surface area contributed by atoms with E-state index in [4.69, 9.17) is 5.26 Å². The molecule has 0 N–H and O–H groups in total. The van der Waals surface area contributed by atoms with E-state index in [1.54, 1.807) is 6.07 Å². The number of nitrogens with zero attached hydrogens (tertiary/aromatic N) is 3. The van der Waals surface area contributed by atoms with Crippen molar-refractivity contribution in [2.75, 3.05) is 34.2 Å². The molecule has 0 radical (unpaired) electrons. The average Bonchev–Trinajstić information content (AvgIpc) is 2.35. The highest BCUT2D eigenvalue weighted by atomic mass is 32.2. The van der Waals surface area contributed by atoms with Crippen LogP contribution in [0.25, 0.3) is 0 Å². The van der Waals surface area contributed by atoms with Gasteiger partial charge in [-0.05, 0) is 32.3 Å². The third kappa shape index (κ3) is 3.73. The van der Waals surface area contributed by atoms with Gasteiger partial charge < -0.3 is 4.90 Å². The van der Waals surface area contributed by atoms with Crippen LogP contribution in [0.2, 0.25) is 0 Å². The van der Waals surface area contributed by atoms with Gasteiger partial charge in [-0.3, -0.25) is 0 Å². The van der Waals surface area contributed by atoms with Crippen molar-refractivity contribution in [3.8, 4) is 6.07 Å². The van der Waals surface area contributed by atoms with E-state index in [0.29, 0.717) is 13.1 Å². The molecule has 19 heavy (non-hydrogen) atoms. The molecule has 0 fully saturated rings. The SMILES string of the molecule is CN(C)CCN(C)S(=O)(=O)c1ccc(F)c(C#N)c1. The molecule has 0 aliphatic carbocycles. The third-order valence-electron chi connectivity index (χ3n) is 2.63. The number of halogens is 1. The molecule has 0 heterocycles. The van der Waals surface area contributed by atoms with E-state index in [2.05, 4.69) is 0 Å². The molecule has 0 aliphatic heterocycles. The molecule has 0 amide bonds. The first-order valence-electron chi connectivity index (χ1n) is 5.59. The van der Waals surface area contributed by atoms with Crippen LogP contribution in [-0.4, -0.2) is 51.9 Å². The van der Waals surface area contributed by atoms with Gasteiger partial charge in [0, 0.05) is 20.1 Å². The summed E-state index contributed by atoms with van der Waals surface area (Å²) in [5, 5.41) is 8.72. The Kier molecular flexibility index (Phi) is 5.00. The fraction of sp³-hybridized carbons (Fsp3) is 0.417. The van der Waals surface area contributed by atoms with Crippen LogP contribution in [0.3, 0.4) is 0 Å². The molecule has 5 nitrogen and oxygen atoms in total. The van der Waals surface area contributed by atoms with Crippen molar-refractivity contribution in [2.45, 2.75) is 4.90 Å². The van der Waals surface area contributed by atoms with E-state index >= 15 is 0 Å². The quantitative estimate of drug-likeness (QED) is 0.805. The molecular weight excluding hydrogens is 269 g/mol. The summed E-state index contributed by atoms with van der Waals surface area (Å²) in [6.07, 6.45) is 0. The number of likely N-dealkylation sites (N-methyl/N-ethyl adjacent to an activating group) is 2. The molecular formula is C12H16FN3O2S. The Hall–Kier alpha value is -1.49. The first-order chi connectivity index (χ1) is 8.78. The van der Waals surface area contributed by atoms with Gasteiger partial charge in [0.2, 0.25) is 10.0 Å². The Morgan fingerprint density at radius 3 is 2.42 bits per heavy atom. The van der Waals surface area contributed by atoms with Gasteiger partial charge in [-0.15, -0.1) is 0 Å². The maximum absolute atomic E-state index is 13.2. The largest absolute Gasteiger partial charge is 0.308 e. The van der Waals surface area contributed by atoms with E-state index in [0.717, 1.165) is 18.2 Å². The van der Waals surface area contributed by atoms with E-state index in [1.165, 1.54) is 11.4 Å². The zero-order valence-electron chi connectivity index (χ0n) is 11.1. The monoisotopic (exact) mass is 285 g/mol. The van der Waals surface area contributed by atoms with Gasteiger partial charge in [0.1, 0.15) is 11.9 Å². The molecule has 0 atom stereocenters. The molecule has 0 saturated carbocycles. The van der Waals surface area contributed by atoms with Crippen LogP contribution in [0, 0.1) is 17.1 Å². The summed E-state index contributed by atoms with van der Waals surface area (Å²) in [5.41, 5.74) is -0.276. The zero-order valence-corrected chi connectivity index (χ0v) is 11.9. The van der Waals surface area contributed by atoms with Gasteiger partial charge in [-0.25, -0.2) is 12.8 Å². The first-order valence-corrected chi connectivity index (χ1v) is 7.03. The number of rotatable bonds is 5. The lowest BCUT2D eigenvalue weighted by atomic mass is 10.2. The predicted molar refractivity (Wildman–Crippen MR) is 69.5 cm³/mol. The highest BCUT2D eigenvalue weighted by Gasteiger charge is 2.21. The number of hydrogen-bond acceptors (Lipinski definition) is 4. The Morgan fingerprint density at radius 1 is 1.26 bits per heavy atom. The smallest absolute Gasteiger partial charge is 0.242 e. The van der Waals surface area contributed by atoms with Crippen LogP contribution < -0.4 is 0 Å². The topological polar surface area (TPSA) is 64.4 Å².